The summed E-state index contributed by atoms with van der Waals surface area (Å²) in [5.41, 5.74) is 5.67. The largest absolute Gasteiger partial charge is 0.388 e. The molecule has 1 aliphatic rings. The third-order valence-corrected chi connectivity index (χ3v) is 7.41. The second kappa shape index (κ2) is 17.4. The van der Waals surface area contributed by atoms with Gasteiger partial charge in [0, 0.05) is 22.7 Å². The molecule has 5 heteroatoms. The van der Waals surface area contributed by atoms with Crippen LogP contribution < -0.4 is 0 Å². The molecule has 1 heterocycles. The summed E-state index contributed by atoms with van der Waals surface area (Å²) < 4.78 is 13.4. The van der Waals surface area contributed by atoms with Crippen LogP contribution in [0, 0.1) is 23.6 Å². The van der Waals surface area contributed by atoms with E-state index in [2.05, 4.69) is 68.0 Å². The Morgan fingerprint density at radius 2 is 1.59 bits per heavy atom. The van der Waals surface area contributed by atoms with Crippen molar-refractivity contribution >= 4 is 12.6 Å². The molecule has 0 radical (unpaired) electrons. The van der Waals surface area contributed by atoms with Crippen LogP contribution in [-0.4, -0.2) is 21.5 Å². The van der Waals surface area contributed by atoms with Crippen LogP contribution >= 0.6 is 12.6 Å². The second-order valence-corrected chi connectivity index (χ2v) is 12.2. The zero-order valence-corrected chi connectivity index (χ0v) is 27.8. The molecule has 0 saturated heterocycles. The summed E-state index contributed by atoms with van der Waals surface area (Å²) in [5.74, 6) is -0.0761. The zero-order chi connectivity index (χ0) is 30.6. The Morgan fingerprint density at radius 1 is 1.08 bits per heavy atom. The van der Waals surface area contributed by atoms with E-state index in [0.717, 1.165) is 53.8 Å². The summed E-state index contributed by atoms with van der Waals surface area (Å²) in [6.45, 7) is 23.6. The van der Waals surface area contributed by atoms with Gasteiger partial charge >= 0.3 is 0 Å². The normalized spacial score (nSPS) is 17.2. The highest BCUT2D eigenvalue weighted by Gasteiger charge is 2.36. The Balaban J connectivity index is 0.00000126. The fourth-order valence-corrected chi connectivity index (χ4v) is 4.90. The van der Waals surface area contributed by atoms with E-state index >= 15 is 0 Å². The molecule has 1 aliphatic carbocycles. The zero-order valence-electron chi connectivity index (χ0n) is 27.0. The standard InChI is InChI=1S/C25H34FNO2.C6H14.C2H6.CH4S/c1-6-8-16(7-2)23-22(24(29)17-9-11-18(26)12-10-17)15(3)21-19(27-23)13-25(4,5)14-20(21)28;1-5-6(2,3)4;2*1-2/h9-12,16,20,24,28-29H,6-8,13-14H2,1-5H3;5H2,1-4H3;1-2H3;2H,1H3. The lowest BCUT2D eigenvalue weighted by Gasteiger charge is -2.37. The topological polar surface area (TPSA) is 53.4 Å². The minimum Gasteiger partial charge on any atom is -0.388 e. The van der Waals surface area contributed by atoms with Gasteiger partial charge in [-0.05, 0) is 73.0 Å². The van der Waals surface area contributed by atoms with Gasteiger partial charge in [-0.1, -0.05) is 94.2 Å². The van der Waals surface area contributed by atoms with Crippen molar-refractivity contribution in [1.29, 1.82) is 0 Å². The second-order valence-electron chi connectivity index (χ2n) is 12.2. The Morgan fingerprint density at radius 3 is 2.03 bits per heavy atom. The van der Waals surface area contributed by atoms with Crippen LogP contribution in [0.4, 0.5) is 4.39 Å². The first-order chi connectivity index (χ1) is 18.2. The molecule has 3 unspecified atom stereocenters. The minimum absolute atomic E-state index is 0.00726. The predicted molar refractivity (Wildman–Crippen MR) is 170 cm³/mol. The van der Waals surface area contributed by atoms with E-state index in [1.165, 1.54) is 18.6 Å². The van der Waals surface area contributed by atoms with E-state index in [-0.39, 0.29) is 17.2 Å². The monoisotopic (exact) mass is 563 g/mol. The molecule has 0 amide bonds. The number of aliphatic hydroxyl groups excluding tert-OH is 2. The van der Waals surface area contributed by atoms with Crippen molar-refractivity contribution in [3.05, 3.63) is 63.7 Å². The van der Waals surface area contributed by atoms with Crippen LogP contribution in [0.15, 0.2) is 24.3 Å². The van der Waals surface area contributed by atoms with Gasteiger partial charge in [-0.25, -0.2) is 4.39 Å². The van der Waals surface area contributed by atoms with Gasteiger partial charge < -0.3 is 10.2 Å². The Labute approximate surface area is 245 Å². The van der Waals surface area contributed by atoms with Gasteiger partial charge in [0.15, 0.2) is 0 Å². The third kappa shape index (κ3) is 11.2. The molecular weight excluding hydrogens is 505 g/mol. The molecule has 0 aliphatic heterocycles. The summed E-state index contributed by atoms with van der Waals surface area (Å²) in [4.78, 5) is 5.08. The first-order valence-electron chi connectivity index (χ1n) is 14.8. The van der Waals surface area contributed by atoms with E-state index in [1.807, 2.05) is 20.8 Å². The molecule has 0 fully saturated rings. The lowest BCUT2D eigenvalue weighted by Crippen LogP contribution is -2.29. The maximum Gasteiger partial charge on any atom is 0.123 e. The van der Waals surface area contributed by atoms with Crippen molar-refractivity contribution in [2.24, 2.45) is 10.8 Å². The van der Waals surface area contributed by atoms with Gasteiger partial charge in [0.25, 0.3) is 0 Å². The van der Waals surface area contributed by atoms with Crippen molar-refractivity contribution < 1.29 is 14.6 Å². The average Bonchev–Trinajstić information content (AvgIpc) is 2.88. The molecule has 39 heavy (non-hydrogen) atoms. The average molecular weight is 564 g/mol. The van der Waals surface area contributed by atoms with E-state index in [4.69, 9.17) is 4.98 Å². The lowest BCUT2D eigenvalue weighted by atomic mass is 9.72. The van der Waals surface area contributed by atoms with E-state index in [9.17, 15) is 14.6 Å². The first kappa shape index (κ1) is 37.6. The van der Waals surface area contributed by atoms with Crippen molar-refractivity contribution in [3.8, 4) is 0 Å². The molecule has 0 bridgehead atoms. The fraction of sp³-hybridized carbons (Fsp3) is 0.676. The van der Waals surface area contributed by atoms with Crippen LogP contribution in [0.1, 0.15) is 153 Å². The maximum absolute atomic E-state index is 13.4. The maximum atomic E-state index is 13.4. The minimum atomic E-state index is -0.892. The van der Waals surface area contributed by atoms with E-state index in [0.29, 0.717) is 17.4 Å². The SMILES string of the molecule is CC.CCC(C)(C)C.CCCC(CC)c1nc2c(c(C)c1C(O)c1ccc(F)cc1)C(O)CC(C)(C)C2.CS. The third-order valence-electron chi connectivity index (χ3n) is 7.41. The Bertz CT molecular complexity index is 967. The van der Waals surface area contributed by atoms with Crippen LogP contribution in [0.25, 0.3) is 0 Å². The lowest BCUT2D eigenvalue weighted by molar-refractivity contribution is 0.0967. The van der Waals surface area contributed by atoms with Crippen LogP contribution in [0.2, 0.25) is 0 Å². The molecule has 2 N–H and O–H groups in total. The molecule has 1 aromatic heterocycles. The number of hydrogen-bond donors (Lipinski definition) is 3. The highest BCUT2D eigenvalue weighted by atomic mass is 32.1. The number of nitrogens with zero attached hydrogens (tertiary/aromatic N) is 1. The smallest absolute Gasteiger partial charge is 0.123 e. The van der Waals surface area contributed by atoms with Crippen molar-refractivity contribution in [2.45, 2.75) is 133 Å². The molecule has 3 rings (SSSR count). The van der Waals surface area contributed by atoms with E-state index in [1.54, 1.807) is 18.4 Å². The molecule has 3 nitrogen and oxygen atoms in total. The van der Waals surface area contributed by atoms with Gasteiger partial charge in [0.05, 0.1) is 11.8 Å². The summed E-state index contributed by atoms with van der Waals surface area (Å²) >= 11 is 3.53. The summed E-state index contributed by atoms with van der Waals surface area (Å²) in [6.07, 6.45) is 5.97. The van der Waals surface area contributed by atoms with Crippen LogP contribution in [-0.2, 0) is 6.42 Å². The number of fused-ring (bicyclic) bond motifs is 1. The fourth-order valence-electron chi connectivity index (χ4n) is 4.90. The molecule has 2 aromatic rings. The molecule has 0 saturated carbocycles. The Kier molecular flexibility index (Phi) is 16.8. The predicted octanol–water partition coefficient (Wildman–Crippen LogP) is 9.93. The highest BCUT2D eigenvalue weighted by Crippen LogP contribution is 2.45. The van der Waals surface area contributed by atoms with Crippen molar-refractivity contribution in [3.63, 3.8) is 0 Å². The van der Waals surface area contributed by atoms with Crippen molar-refractivity contribution in [2.75, 3.05) is 6.26 Å². The van der Waals surface area contributed by atoms with Crippen LogP contribution in [0.5, 0.6) is 0 Å². The number of rotatable bonds is 6. The molecule has 3 atom stereocenters. The number of pyridine rings is 1. The number of hydrogen-bond acceptors (Lipinski definition) is 4. The number of thiol groups is 1. The van der Waals surface area contributed by atoms with Crippen LogP contribution in [0.3, 0.4) is 0 Å². The van der Waals surface area contributed by atoms with Gasteiger partial charge in [0.1, 0.15) is 11.9 Å². The number of aliphatic hydroxyl groups is 2. The molecule has 0 spiro atoms. The quantitative estimate of drug-likeness (QED) is 0.307. The number of benzene rings is 1. The van der Waals surface area contributed by atoms with Crippen molar-refractivity contribution in [1.82, 2.24) is 4.98 Å². The highest BCUT2D eigenvalue weighted by molar-refractivity contribution is 7.79. The Hall–Kier alpha value is -1.43. The summed E-state index contributed by atoms with van der Waals surface area (Å²) in [7, 11) is 0. The van der Waals surface area contributed by atoms with Gasteiger partial charge in [-0.3, -0.25) is 4.98 Å². The molecule has 224 valence electrons. The number of halogens is 1. The number of aromatic nitrogens is 1. The molecular formula is C34H58FNO2S. The summed E-state index contributed by atoms with van der Waals surface area (Å²) in [6, 6.07) is 6.01. The summed E-state index contributed by atoms with van der Waals surface area (Å²) in [5, 5.41) is 22.2. The molecule has 1 aromatic carbocycles. The van der Waals surface area contributed by atoms with Gasteiger partial charge in [-0.15, -0.1) is 0 Å². The first-order valence-corrected chi connectivity index (χ1v) is 15.7. The van der Waals surface area contributed by atoms with Gasteiger partial charge in [0.2, 0.25) is 0 Å². The van der Waals surface area contributed by atoms with Gasteiger partial charge in [-0.2, -0.15) is 12.6 Å². The van der Waals surface area contributed by atoms with E-state index < -0.39 is 12.2 Å².